The molecule has 4 atom stereocenters. The van der Waals surface area contributed by atoms with Crippen LogP contribution in [0.1, 0.15) is 31.1 Å². The summed E-state index contributed by atoms with van der Waals surface area (Å²) in [6, 6.07) is 14.1. The Labute approximate surface area is 119 Å². The number of rotatable bonds is 2. The summed E-state index contributed by atoms with van der Waals surface area (Å²) >= 11 is 0. The van der Waals surface area contributed by atoms with Gasteiger partial charge in [-0.3, -0.25) is 4.79 Å². The molecule has 1 heterocycles. The van der Waals surface area contributed by atoms with E-state index in [0.717, 1.165) is 10.9 Å². The summed E-state index contributed by atoms with van der Waals surface area (Å²) < 4.78 is 5.80. The number of hydrogen-bond donors (Lipinski definition) is 0. The van der Waals surface area contributed by atoms with Gasteiger partial charge in [0.2, 0.25) is 0 Å². The molecule has 104 valence electrons. The van der Waals surface area contributed by atoms with Crippen molar-refractivity contribution in [1.29, 1.82) is 0 Å². The predicted molar refractivity (Wildman–Crippen MR) is 80.9 cm³/mol. The van der Waals surface area contributed by atoms with Crippen LogP contribution in [0, 0.1) is 11.8 Å². The minimum atomic E-state index is -0.0360. The Morgan fingerprint density at radius 2 is 1.65 bits per heavy atom. The van der Waals surface area contributed by atoms with Gasteiger partial charge in [0.15, 0.2) is 5.78 Å². The number of hydrogen-bond acceptors (Lipinski definition) is 2. The lowest BCUT2D eigenvalue weighted by Crippen LogP contribution is -2.26. The van der Waals surface area contributed by atoms with Gasteiger partial charge in [-0.1, -0.05) is 43.3 Å². The average Bonchev–Trinajstić information content (AvgIpc) is 2.71. The van der Waals surface area contributed by atoms with Crippen molar-refractivity contribution >= 4 is 16.6 Å². The molecule has 2 nitrogen and oxygen atoms in total. The van der Waals surface area contributed by atoms with Gasteiger partial charge in [0, 0.05) is 5.56 Å². The molecule has 1 saturated heterocycles. The summed E-state index contributed by atoms with van der Waals surface area (Å²) in [5, 5.41) is 2.28. The van der Waals surface area contributed by atoms with Gasteiger partial charge in [-0.05, 0) is 36.6 Å². The minimum Gasteiger partial charge on any atom is -0.374 e. The van der Waals surface area contributed by atoms with E-state index in [1.807, 2.05) is 43.3 Å². The van der Waals surface area contributed by atoms with E-state index in [4.69, 9.17) is 4.74 Å². The molecule has 3 rings (SSSR count). The molecule has 1 aliphatic heterocycles. The molecule has 1 fully saturated rings. The fraction of sp³-hybridized carbons (Fsp3) is 0.389. The maximum atomic E-state index is 12.8. The monoisotopic (exact) mass is 268 g/mol. The van der Waals surface area contributed by atoms with Crippen LogP contribution < -0.4 is 0 Å². The molecule has 0 bridgehead atoms. The van der Waals surface area contributed by atoms with E-state index in [1.54, 1.807) is 0 Å². The number of ether oxygens (including phenoxy) is 1. The Hall–Kier alpha value is -1.67. The van der Waals surface area contributed by atoms with Crippen LogP contribution in [-0.4, -0.2) is 18.0 Å². The van der Waals surface area contributed by atoms with Crippen molar-refractivity contribution in [1.82, 2.24) is 0 Å². The number of ketones is 1. The van der Waals surface area contributed by atoms with Crippen LogP contribution in [0.2, 0.25) is 0 Å². The molecule has 0 saturated carbocycles. The normalized spacial score (nSPS) is 29.8. The van der Waals surface area contributed by atoms with Crippen LogP contribution in [0.15, 0.2) is 42.5 Å². The standard InChI is InChI=1S/C18H20O2/c1-11-12(2)20-13(3)17(11)18(19)16-9-8-14-6-4-5-7-15(14)10-16/h4-13,17H,1-3H3. The average molecular weight is 268 g/mol. The van der Waals surface area contributed by atoms with Gasteiger partial charge < -0.3 is 4.74 Å². The van der Waals surface area contributed by atoms with E-state index in [9.17, 15) is 4.79 Å². The highest BCUT2D eigenvalue weighted by Crippen LogP contribution is 2.34. The van der Waals surface area contributed by atoms with E-state index in [2.05, 4.69) is 19.9 Å². The molecule has 4 unspecified atom stereocenters. The fourth-order valence-electron chi connectivity index (χ4n) is 3.25. The number of carbonyl (C=O) groups is 1. The first-order valence-electron chi connectivity index (χ1n) is 7.26. The van der Waals surface area contributed by atoms with Gasteiger partial charge in [-0.25, -0.2) is 0 Å². The molecule has 0 aromatic heterocycles. The van der Waals surface area contributed by atoms with Gasteiger partial charge in [0.25, 0.3) is 0 Å². The SMILES string of the molecule is CC1OC(C)C(C(=O)c2ccc3ccccc3c2)C1C. The van der Waals surface area contributed by atoms with Crippen molar-refractivity contribution < 1.29 is 9.53 Å². The van der Waals surface area contributed by atoms with Crippen molar-refractivity contribution in [3.05, 3.63) is 48.0 Å². The number of carbonyl (C=O) groups excluding carboxylic acids is 1. The molecule has 0 aliphatic carbocycles. The van der Waals surface area contributed by atoms with Gasteiger partial charge in [-0.15, -0.1) is 0 Å². The first-order valence-corrected chi connectivity index (χ1v) is 7.26. The molecule has 2 aromatic carbocycles. The van der Waals surface area contributed by atoms with Crippen molar-refractivity contribution in [3.8, 4) is 0 Å². The third kappa shape index (κ3) is 2.14. The number of Topliss-reactive ketones (excluding diaryl/α,β-unsaturated/α-hetero) is 1. The van der Waals surface area contributed by atoms with Crippen molar-refractivity contribution in [3.63, 3.8) is 0 Å². The first-order chi connectivity index (χ1) is 9.58. The smallest absolute Gasteiger partial charge is 0.168 e. The number of fused-ring (bicyclic) bond motifs is 1. The van der Waals surface area contributed by atoms with E-state index in [-0.39, 0.29) is 29.8 Å². The van der Waals surface area contributed by atoms with Crippen LogP contribution in [0.3, 0.4) is 0 Å². The van der Waals surface area contributed by atoms with E-state index in [1.165, 1.54) is 5.39 Å². The van der Waals surface area contributed by atoms with Crippen molar-refractivity contribution in [2.45, 2.75) is 33.0 Å². The molecule has 0 radical (unpaired) electrons. The van der Waals surface area contributed by atoms with Crippen LogP contribution in [0.5, 0.6) is 0 Å². The summed E-state index contributed by atoms with van der Waals surface area (Å²) in [4.78, 5) is 12.8. The Morgan fingerprint density at radius 1 is 0.950 bits per heavy atom. The van der Waals surface area contributed by atoms with Crippen LogP contribution >= 0.6 is 0 Å². The lowest BCUT2D eigenvalue weighted by molar-refractivity contribution is 0.0491. The summed E-state index contributed by atoms with van der Waals surface area (Å²) in [6.45, 7) is 6.16. The van der Waals surface area contributed by atoms with Crippen LogP contribution in [-0.2, 0) is 4.74 Å². The van der Waals surface area contributed by atoms with Gasteiger partial charge in [0.05, 0.1) is 18.1 Å². The van der Waals surface area contributed by atoms with E-state index in [0.29, 0.717) is 0 Å². The summed E-state index contributed by atoms with van der Waals surface area (Å²) in [6.07, 6.45) is 0.151. The highest BCUT2D eigenvalue weighted by Gasteiger charge is 2.41. The maximum Gasteiger partial charge on any atom is 0.168 e. The second-order valence-corrected chi connectivity index (χ2v) is 5.86. The van der Waals surface area contributed by atoms with Crippen LogP contribution in [0.4, 0.5) is 0 Å². The Balaban J connectivity index is 1.96. The summed E-state index contributed by atoms with van der Waals surface area (Å²) in [5.74, 6) is 0.440. The Kier molecular flexibility index (Phi) is 3.35. The van der Waals surface area contributed by atoms with Crippen molar-refractivity contribution in [2.75, 3.05) is 0 Å². The van der Waals surface area contributed by atoms with Crippen molar-refractivity contribution in [2.24, 2.45) is 11.8 Å². The zero-order chi connectivity index (χ0) is 14.3. The Bertz CT molecular complexity index is 647. The molecule has 1 aliphatic rings. The van der Waals surface area contributed by atoms with Gasteiger partial charge in [0.1, 0.15) is 0 Å². The first kappa shape index (κ1) is 13.3. The third-order valence-corrected chi connectivity index (χ3v) is 4.58. The van der Waals surface area contributed by atoms with Crippen LogP contribution in [0.25, 0.3) is 10.8 Å². The predicted octanol–water partition coefficient (Wildman–Crippen LogP) is 4.08. The molecule has 2 heteroatoms. The Morgan fingerprint density at radius 3 is 2.30 bits per heavy atom. The number of benzene rings is 2. The lowest BCUT2D eigenvalue weighted by Gasteiger charge is -2.17. The molecule has 2 aromatic rings. The highest BCUT2D eigenvalue weighted by molar-refractivity contribution is 6.01. The quantitative estimate of drug-likeness (QED) is 0.767. The molecule has 20 heavy (non-hydrogen) atoms. The largest absolute Gasteiger partial charge is 0.374 e. The topological polar surface area (TPSA) is 26.3 Å². The van der Waals surface area contributed by atoms with Gasteiger partial charge in [-0.2, -0.15) is 0 Å². The minimum absolute atomic E-state index is 0.000953. The second kappa shape index (κ2) is 5.02. The van der Waals surface area contributed by atoms with E-state index < -0.39 is 0 Å². The highest BCUT2D eigenvalue weighted by atomic mass is 16.5. The second-order valence-electron chi connectivity index (χ2n) is 5.86. The summed E-state index contributed by atoms with van der Waals surface area (Å²) in [7, 11) is 0. The zero-order valence-electron chi connectivity index (χ0n) is 12.2. The molecular formula is C18H20O2. The fourth-order valence-corrected chi connectivity index (χ4v) is 3.25. The maximum absolute atomic E-state index is 12.8. The lowest BCUT2D eigenvalue weighted by atomic mass is 9.83. The van der Waals surface area contributed by atoms with E-state index >= 15 is 0 Å². The molecule has 0 N–H and O–H groups in total. The molecular weight excluding hydrogens is 248 g/mol. The zero-order valence-corrected chi connectivity index (χ0v) is 12.2. The van der Waals surface area contributed by atoms with Gasteiger partial charge >= 0.3 is 0 Å². The summed E-state index contributed by atoms with van der Waals surface area (Å²) in [5.41, 5.74) is 0.796. The third-order valence-electron chi connectivity index (χ3n) is 4.58. The molecule has 0 amide bonds. The molecule has 0 spiro atoms.